The molecule has 138 valence electrons. The first-order valence-electron chi connectivity index (χ1n) is 8.73. The normalized spacial score (nSPS) is 14.0. The SMILES string of the molecule is CS(=O)(=O)N1CCCc2cc(NC(=O)CCCc3cccnc3)ccc21. The summed E-state index contributed by atoms with van der Waals surface area (Å²) in [6.45, 7) is 0.506. The summed E-state index contributed by atoms with van der Waals surface area (Å²) >= 11 is 0. The number of nitrogens with one attached hydrogen (secondary N) is 1. The van der Waals surface area contributed by atoms with Gasteiger partial charge in [-0.15, -0.1) is 0 Å². The maximum Gasteiger partial charge on any atom is 0.232 e. The lowest BCUT2D eigenvalue weighted by atomic mass is 10.0. The van der Waals surface area contributed by atoms with Gasteiger partial charge >= 0.3 is 0 Å². The van der Waals surface area contributed by atoms with Crippen molar-refractivity contribution in [3.63, 3.8) is 0 Å². The number of hydrogen-bond acceptors (Lipinski definition) is 4. The quantitative estimate of drug-likeness (QED) is 0.844. The third-order valence-corrected chi connectivity index (χ3v) is 5.61. The highest BCUT2D eigenvalue weighted by atomic mass is 32.2. The lowest BCUT2D eigenvalue weighted by molar-refractivity contribution is -0.116. The van der Waals surface area contributed by atoms with Crippen LogP contribution >= 0.6 is 0 Å². The Labute approximate surface area is 154 Å². The van der Waals surface area contributed by atoms with Crippen LogP contribution in [-0.4, -0.2) is 32.1 Å². The molecule has 3 rings (SSSR count). The molecule has 1 aliphatic heterocycles. The summed E-state index contributed by atoms with van der Waals surface area (Å²) in [6.07, 6.45) is 8.36. The Bertz CT molecular complexity index is 882. The largest absolute Gasteiger partial charge is 0.326 e. The number of hydrogen-bond donors (Lipinski definition) is 1. The molecule has 1 aromatic heterocycles. The van der Waals surface area contributed by atoms with Gasteiger partial charge in [0.1, 0.15) is 0 Å². The summed E-state index contributed by atoms with van der Waals surface area (Å²) in [5.74, 6) is -0.0374. The minimum absolute atomic E-state index is 0.0374. The predicted octanol–water partition coefficient (Wildman–Crippen LogP) is 2.76. The fourth-order valence-corrected chi connectivity index (χ4v) is 4.20. The van der Waals surface area contributed by atoms with Gasteiger partial charge in [0.25, 0.3) is 0 Å². The molecule has 1 amide bonds. The van der Waals surface area contributed by atoms with Crippen LogP contribution in [-0.2, 0) is 27.7 Å². The third kappa shape index (κ3) is 4.60. The van der Waals surface area contributed by atoms with Gasteiger partial charge in [0.05, 0.1) is 11.9 Å². The van der Waals surface area contributed by atoms with Crippen molar-refractivity contribution < 1.29 is 13.2 Å². The van der Waals surface area contributed by atoms with E-state index in [1.165, 1.54) is 10.6 Å². The average Bonchev–Trinajstić information content (AvgIpc) is 2.61. The smallest absolute Gasteiger partial charge is 0.232 e. The summed E-state index contributed by atoms with van der Waals surface area (Å²) < 4.78 is 25.2. The van der Waals surface area contributed by atoms with Gasteiger partial charge < -0.3 is 5.32 Å². The number of pyridine rings is 1. The number of amides is 1. The molecule has 6 nitrogen and oxygen atoms in total. The highest BCUT2D eigenvalue weighted by Gasteiger charge is 2.24. The highest BCUT2D eigenvalue weighted by molar-refractivity contribution is 7.92. The van der Waals surface area contributed by atoms with Crippen LogP contribution in [0.5, 0.6) is 0 Å². The predicted molar refractivity (Wildman–Crippen MR) is 103 cm³/mol. The maximum absolute atomic E-state index is 12.2. The van der Waals surface area contributed by atoms with Gasteiger partial charge in [-0.05, 0) is 61.1 Å². The van der Waals surface area contributed by atoms with E-state index >= 15 is 0 Å². The Hall–Kier alpha value is -2.41. The van der Waals surface area contributed by atoms with Crippen molar-refractivity contribution in [3.8, 4) is 0 Å². The molecule has 7 heteroatoms. The molecule has 2 aromatic rings. The van der Waals surface area contributed by atoms with E-state index in [0.717, 1.165) is 36.8 Å². The summed E-state index contributed by atoms with van der Waals surface area (Å²) in [5, 5.41) is 2.91. The topological polar surface area (TPSA) is 79.4 Å². The van der Waals surface area contributed by atoms with Crippen LogP contribution in [0, 0.1) is 0 Å². The molecule has 0 radical (unpaired) electrons. The Morgan fingerprint density at radius 2 is 2.15 bits per heavy atom. The number of carbonyl (C=O) groups excluding carboxylic acids is 1. The summed E-state index contributed by atoms with van der Waals surface area (Å²) in [5.41, 5.74) is 3.50. The van der Waals surface area contributed by atoms with E-state index in [1.807, 2.05) is 24.4 Å². The van der Waals surface area contributed by atoms with Gasteiger partial charge in [-0.2, -0.15) is 0 Å². The van der Waals surface area contributed by atoms with Crippen LogP contribution < -0.4 is 9.62 Å². The van der Waals surface area contributed by atoms with Crippen molar-refractivity contribution in [1.29, 1.82) is 0 Å². The molecule has 1 aliphatic rings. The van der Waals surface area contributed by atoms with Crippen molar-refractivity contribution in [2.24, 2.45) is 0 Å². The van der Waals surface area contributed by atoms with Crippen molar-refractivity contribution >= 4 is 27.3 Å². The summed E-state index contributed by atoms with van der Waals surface area (Å²) in [4.78, 5) is 16.2. The minimum atomic E-state index is -3.27. The number of nitrogens with zero attached hydrogens (tertiary/aromatic N) is 2. The van der Waals surface area contributed by atoms with E-state index in [0.29, 0.717) is 24.3 Å². The minimum Gasteiger partial charge on any atom is -0.326 e. The maximum atomic E-state index is 12.2. The van der Waals surface area contributed by atoms with Gasteiger partial charge in [0, 0.05) is 31.0 Å². The first-order valence-corrected chi connectivity index (χ1v) is 10.6. The molecule has 0 unspecified atom stereocenters. The van der Waals surface area contributed by atoms with E-state index in [2.05, 4.69) is 10.3 Å². The zero-order valence-electron chi connectivity index (χ0n) is 14.8. The Balaban J connectivity index is 1.59. The van der Waals surface area contributed by atoms with E-state index in [4.69, 9.17) is 0 Å². The molecule has 1 N–H and O–H groups in total. The van der Waals surface area contributed by atoms with Crippen molar-refractivity contribution in [1.82, 2.24) is 4.98 Å². The molecule has 26 heavy (non-hydrogen) atoms. The number of rotatable bonds is 6. The molecular weight excluding hydrogens is 350 g/mol. The van der Waals surface area contributed by atoms with Crippen LogP contribution in [0.3, 0.4) is 0 Å². The molecule has 0 spiro atoms. The molecule has 0 saturated carbocycles. The Morgan fingerprint density at radius 1 is 1.31 bits per heavy atom. The lowest BCUT2D eigenvalue weighted by Gasteiger charge is -2.29. The lowest BCUT2D eigenvalue weighted by Crippen LogP contribution is -2.34. The van der Waals surface area contributed by atoms with Crippen LogP contribution in [0.1, 0.15) is 30.4 Å². The molecule has 0 fully saturated rings. The van der Waals surface area contributed by atoms with Crippen LogP contribution in [0.4, 0.5) is 11.4 Å². The number of aryl methyl sites for hydroxylation is 2. The monoisotopic (exact) mass is 373 g/mol. The Kier molecular flexibility index (Phi) is 5.56. The fraction of sp³-hybridized carbons (Fsp3) is 0.368. The fourth-order valence-electron chi connectivity index (χ4n) is 3.21. The van der Waals surface area contributed by atoms with Crippen LogP contribution in [0.2, 0.25) is 0 Å². The number of aromatic nitrogens is 1. The molecule has 2 heterocycles. The molecule has 0 bridgehead atoms. The number of anilines is 2. The zero-order chi connectivity index (χ0) is 18.6. The number of carbonyl (C=O) groups is 1. The summed E-state index contributed by atoms with van der Waals surface area (Å²) in [7, 11) is -3.27. The van der Waals surface area contributed by atoms with E-state index in [1.54, 1.807) is 18.3 Å². The number of sulfonamides is 1. The number of fused-ring (bicyclic) bond motifs is 1. The van der Waals surface area contributed by atoms with Crippen LogP contribution in [0.25, 0.3) is 0 Å². The zero-order valence-corrected chi connectivity index (χ0v) is 15.6. The second-order valence-corrected chi connectivity index (χ2v) is 8.45. The number of benzene rings is 1. The standard InChI is InChI=1S/C19H23N3O3S/c1-26(24,25)22-12-4-7-16-13-17(9-10-18(16)22)21-19(23)8-2-5-15-6-3-11-20-14-15/h3,6,9-11,13-14H,2,4-5,7-8,12H2,1H3,(H,21,23). The van der Waals surface area contributed by atoms with Crippen molar-refractivity contribution in [2.45, 2.75) is 32.1 Å². The second kappa shape index (κ2) is 7.86. The van der Waals surface area contributed by atoms with Gasteiger partial charge in [0.15, 0.2) is 0 Å². The highest BCUT2D eigenvalue weighted by Crippen LogP contribution is 2.31. The molecule has 0 saturated heterocycles. The molecular formula is C19H23N3O3S. The first-order chi connectivity index (χ1) is 12.4. The van der Waals surface area contributed by atoms with Gasteiger partial charge in [0.2, 0.25) is 15.9 Å². The van der Waals surface area contributed by atoms with E-state index in [-0.39, 0.29) is 5.91 Å². The third-order valence-electron chi connectivity index (χ3n) is 4.43. The van der Waals surface area contributed by atoms with Gasteiger partial charge in [-0.1, -0.05) is 6.07 Å². The summed E-state index contributed by atoms with van der Waals surface area (Å²) in [6, 6.07) is 9.32. The molecule has 1 aromatic carbocycles. The van der Waals surface area contributed by atoms with Crippen molar-refractivity contribution in [3.05, 3.63) is 53.9 Å². The first kappa shape index (κ1) is 18.4. The van der Waals surface area contributed by atoms with E-state index < -0.39 is 10.0 Å². The molecule has 0 aliphatic carbocycles. The molecule has 0 atom stereocenters. The Morgan fingerprint density at radius 3 is 2.88 bits per heavy atom. The van der Waals surface area contributed by atoms with Gasteiger partial charge in [-0.3, -0.25) is 14.1 Å². The van der Waals surface area contributed by atoms with Gasteiger partial charge in [-0.25, -0.2) is 8.42 Å². The average molecular weight is 373 g/mol. The van der Waals surface area contributed by atoms with Crippen molar-refractivity contribution in [2.75, 3.05) is 22.4 Å². The van der Waals surface area contributed by atoms with E-state index in [9.17, 15) is 13.2 Å². The van der Waals surface area contributed by atoms with Crippen LogP contribution in [0.15, 0.2) is 42.7 Å². The second-order valence-electron chi connectivity index (χ2n) is 6.55.